The number of nitrogens with one attached hydrogen (secondary N) is 2. The van der Waals surface area contributed by atoms with Gasteiger partial charge in [-0.25, -0.2) is 4.98 Å². The third-order valence-electron chi connectivity index (χ3n) is 4.43. The van der Waals surface area contributed by atoms with Gasteiger partial charge in [0.1, 0.15) is 11.5 Å². The second-order valence-electron chi connectivity index (χ2n) is 6.15. The molecule has 0 radical (unpaired) electrons. The molecule has 0 spiro atoms. The Morgan fingerprint density at radius 2 is 2.00 bits per heavy atom. The monoisotopic (exact) mass is 347 g/mol. The third-order valence-corrected chi connectivity index (χ3v) is 4.43. The van der Waals surface area contributed by atoms with Crippen molar-refractivity contribution in [2.75, 3.05) is 0 Å². The molecule has 0 atom stereocenters. The number of pyridine rings is 1. The van der Waals surface area contributed by atoms with E-state index in [-0.39, 0.29) is 17.4 Å². The maximum atomic E-state index is 12.6. The van der Waals surface area contributed by atoms with Crippen LogP contribution >= 0.6 is 0 Å². The fourth-order valence-corrected chi connectivity index (χ4v) is 3.09. The predicted octanol–water partition coefficient (Wildman–Crippen LogP) is 2.50. The Labute approximate surface area is 149 Å². The summed E-state index contributed by atoms with van der Waals surface area (Å²) in [4.78, 5) is 21.2. The second-order valence-corrected chi connectivity index (χ2v) is 6.15. The average Bonchev–Trinajstić information content (AvgIpc) is 2.68. The van der Waals surface area contributed by atoms with E-state index in [1.165, 1.54) is 0 Å². The zero-order chi connectivity index (χ0) is 18.1. The van der Waals surface area contributed by atoms with Crippen LogP contribution in [0.15, 0.2) is 47.4 Å². The van der Waals surface area contributed by atoms with Gasteiger partial charge in [0.05, 0.1) is 10.9 Å². The van der Waals surface area contributed by atoms with E-state index in [2.05, 4.69) is 9.97 Å². The lowest BCUT2D eigenvalue weighted by Gasteiger charge is -2.18. The minimum absolute atomic E-state index is 0.0371. The molecular formula is C19H17N5O2. The smallest absolute Gasteiger partial charge is 0.261 e. The molecule has 0 amide bonds. The maximum absolute atomic E-state index is 12.6. The molecule has 1 aliphatic heterocycles. The van der Waals surface area contributed by atoms with Crippen molar-refractivity contribution < 1.29 is 4.74 Å². The second kappa shape index (κ2) is 6.51. The van der Waals surface area contributed by atoms with Gasteiger partial charge in [-0.3, -0.25) is 25.2 Å². The number of hydrogen-bond acceptors (Lipinski definition) is 6. The van der Waals surface area contributed by atoms with Gasteiger partial charge >= 0.3 is 0 Å². The lowest BCUT2D eigenvalue weighted by Crippen LogP contribution is -2.28. The summed E-state index contributed by atoms with van der Waals surface area (Å²) in [6.07, 6.45) is 4.37. The van der Waals surface area contributed by atoms with Crippen LogP contribution in [0.1, 0.15) is 29.9 Å². The Balaban J connectivity index is 1.66. The highest BCUT2D eigenvalue weighted by atomic mass is 16.5. The van der Waals surface area contributed by atoms with Crippen LogP contribution in [0, 0.1) is 10.8 Å². The SMILES string of the molecule is N=C(OC(=N)c1ccccn1)c1ccc2c(=O)n3c(nc2c1)CCCC3. The van der Waals surface area contributed by atoms with Crippen LogP contribution in [0.2, 0.25) is 0 Å². The molecule has 26 heavy (non-hydrogen) atoms. The molecule has 7 nitrogen and oxygen atoms in total. The molecule has 3 aromatic rings. The van der Waals surface area contributed by atoms with E-state index in [4.69, 9.17) is 15.6 Å². The van der Waals surface area contributed by atoms with E-state index in [1.54, 1.807) is 47.2 Å². The Hall–Kier alpha value is -3.35. The minimum atomic E-state index is -0.200. The fraction of sp³-hybridized carbons (Fsp3) is 0.211. The molecule has 0 bridgehead atoms. The van der Waals surface area contributed by atoms with Gasteiger partial charge in [-0.05, 0) is 43.2 Å². The van der Waals surface area contributed by atoms with Gasteiger partial charge in [0.25, 0.3) is 5.56 Å². The lowest BCUT2D eigenvalue weighted by atomic mass is 10.1. The summed E-state index contributed by atoms with van der Waals surface area (Å²) >= 11 is 0. The van der Waals surface area contributed by atoms with Crippen LogP contribution in [-0.2, 0) is 17.7 Å². The van der Waals surface area contributed by atoms with Gasteiger partial charge in [-0.1, -0.05) is 6.07 Å². The van der Waals surface area contributed by atoms with Crippen LogP contribution in [-0.4, -0.2) is 26.3 Å². The number of hydrogen-bond donors (Lipinski definition) is 2. The molecule has 1 aliphatic rings. The number of aromatic nitrogens is 3. The third kappa shape index (κ3) is 2.88. The summed E-state index contributed by atoms with van der Waals surface area (Å²) in [5.74, 6) is 0.413. The summed E-state index contributed by atoms with van der Waals surface area (Å²) < 4.78 is 7.05. The highest BCUT2D eigenvalue weighted by molar-refractivity contribution is 6.05. The molecule has 2 aromatic heterocycles. The van der Waals surface area contributed by atoms with Crippen molar-refractivity contribution in [1.82, 2.24) is 14.5 Å². The van der Waals surface area contributed by atoms with Crippen LogP contribution in [0.4, 0.5) is 0 Å². The fourth-order valence-electron chi connectivity index (χ4n) is 3.09. The number of ether oxygens (including phenoxy) is 1. The largest absolute Gasteiger partial charge is 0.419 e. The molecule has 7 heteroatoms. The molecule has 0 unspecified atom stereocenters. The molecule has 3 heterocycles. The van der Waals surface area contributed by atoms with E-state index >= 15 is 0 Å². The van der Waals surface area contributed by atoms with Gasteiger partial charge in [0.2, 0.25) is 11.8 Å². The molecule has 130 valence electrons. The van der Waals surface area contributed by atoms with Crippen molar-refractivity contribution in [1.29, 1.82) is 10.8 Å². The summed E-state index contributed by atoms with van der Waals surface area (Å²) in [7, 11) is 0. The van der Waals surface area contributed by atoms with Gasteiger partial charge in [0.15, 0.2) is 0 Å². The topological polar surface area (TPSA) is 105 Å². The van der Waals surface area contributed by atoms with Gasteiger partial charge < -0.3 is 4.74 Å². The van der Waals surface area contributed by atoms with E-state index in [9.17, 15) is 4.79 Å². The quantitative estimate of drug-likeness (QED) is 0.549. The summed E-state index contributed by atoms with van der Waals surface area (Å²) in [6, 6.07) is 10.1. The summed E-state index contributed by atoms with van der Waals surface area (Å²) in [6.45, 7) is 0.707. The molecule has 1 aromatic carbocycles. The van der Waals surface area contributed by atoms with Crippen molar-refractivity contribution in [3.8, 4) is 0 Å². The van der Waals surface area contributed by atoms with Crippen LogP contribution in [0.25, 0.3) is 10.9 Å². The summed E-state index contributed by atoms with van der Waals surface area (Å²) in [5, 5.41) is 16.6. The normalized spacial score (nSPS) is 13.2. The van der Waals surface area contributed by atoms with Crippen LogP contribution in [0.3, 0.4) is 0 Å². The van der Waals surface area contributed by atoms with Crippen LogP contribution in [0.5, 0.6) is 0 Å². The van der Waals surface area contributed by atoms with E-state index in [0.717, 1.165) is 25.1 Å². The number of rotatable bonds is 2. The molecule has 0 aliphatic carbocycles. The van der Waals surface area contributed by atoms with E-state index in [1.807, 2.05) is 0 Å². The van der Waals surface area contributed by atoms with Crippen molar-refractivity contribution in [2.45, 2.75) is 25.8 Å². The molecule has 0 saturated heterocycles. The molecular weight excluding hydrogens is 330 g/mol. The minimum Gasteiger partial charge on any atom is -0.419 e. The van der Waals surface area contributed by atoms with Crippen molar-refractivity contribution >= 4 is 22.7 Å². The Morgan fingerprint density at radius 3 is 2.81 bits per heavy atom. The molecule has 2 N–H and O–H groups in total. The van der Waals surface area contributed by atoms with Gasteiger partial charge in [-0.2, -0.15) is 0 Å². The van der Waals surface area contributed by atoms with E-state index < -0.39 is 0 Å². The zero-order valence-corrected chi connectivity index (χ0v) is 14.0. The maximum Gasteiger partial charge on any atom is 0.261 e. The molecule has 0 fully saturated rings. The number of aryl methyl sites for hydroxylation is 1. The van der Waals surface area contributed by atoms with Crippen molar-refractivity contribution in [3.63, 3.8) is 0 Å². The van der Waals surface area contributed by atoms with E-state index in [0.29, 0.717) is 28.7 Å². The first-order valence-corrected chi connectivity index (χ1v) is 8.44. The van der Waals surface area contributed by atoms with Gasteiger partial charge in [0, 0.05) is 24.7 Å². The highest BCUT2D eigenvalue weighted by Crippen LogP contribution is 2.17. The predicted molar refractivity (Wildman–Crippen MR) is 97.9 cm³/mol. The summed E-state index contributed by atoms with van der Waals surface area (Å²) in [5.41, 5.74) is 1.33. The Bertz CT molecular complexity index is 1070. The first kappa shape index (κ1) is 16.1. The van der Waals surface area contributed by atoms with Crippen LogP contribution < -0.4 is 5.56 Å². The average molecular weight is 347 g/mol. The van der Waals surface area contributed by atoms with Gasteiger partial charge in [-0.15, -0.1) is 0 Å². The molecule has 4 rings (SSSR count). The highest BCUT2D eigenvalue weighted by Gasteiger charge is 2.16. The lowest BCUT2D eigenvalue weighted by molar-refractivity contribution is 0.501. The zero-order valence-electron chi connectivity index (χ0n) is 14.0. The first-order chi connectivity index (χ1) is 12.6. The van der Waals surface area contributed by atoms with Crippen molar-refractivity contribution in [2.24, 2.45) is 0 Å². The number of fused-ring (bicyclic) bond motifs is 2. The van der Waals surface area contributed by atoms with Crippen molar-refractivity contribution in [3.05, 3.63) is 70.0 Å². The standard InChI is InChI=1S/C19H17N5O2/c20-17(26-18(21)14-5-1-3-9-22-14)12-7-8-13-15(11-12)23-16-6-2-4-10-24(16)19(13)25/h1,3,5,7-9,11,20-21H,2,4,6,10H2. The Kier molecular flexibility index (Phi) is 4.04. The number of nitrogens with zero attached hydrogens (tertiary/aromatic N) is 3. The Morgan fingerprint density at radius 1 is 1.12 bits per heavy atom. The first-order valence-electron chi connectivity index (χ1n) is 8.44. The number of benzene rings is 1. The molecule has 0 saturated carbocycles.